The molecule has 0 aliphatic rings. The molecule has 0 saturated heterocycles. The zero-order valence-electron chi connectivity index (χ0n) is 10.4. The van der Waals surface area contributed by atoms with Gasteiger partial charge in [0.2, 0.25) is 0 Å². The summed E-state index contributed by atoms with van der Waals surface area (Å²) in [5.41, 5.74) is 2.82. The molecule has 86 valence electrons. The molecule has 0 saturated carbocycles. The van der Waals surface area contributed by atoms with Crippen LogP contribution in [0.5, 0.6) is 0 Å². The van der Waals surface area contributed by atoms with Crippen molar-refractivity contribution in [3.63, 3.8) is 0 Å². The van der Waals surface area contributed by atoms with Gasteiger partial charge in [0.25, 0.3) is 0 Å². The summed E-state index contributed by atoms with van der Waals surface area (Å²) in [7, 11) is 2.18. The van der Waals surface area contributed by atoms with E-state index in [9.17, 15) is 0 Å². The lowest BCUT2D eigenvalue weighted by molar-refractivity contribution is 0.651. The summed E-state index contributed by atoms with van der Waals surface area (Å²) < 4.78 is 2.33. The van der Waals surface area contributed by atoms with Crippen molar-refractivity contribution < 1.29 is 0 Å². The zero-order chi connectivity index (χ0) is 11.4. The monoisotopic (exact) mass is 215 g/mol. The Morgan fingerprint density at radius 3 is 2.62 bits per heavy atom. The van der Waals surface area contributed by atoms with Gasteiger partial charge in [0.1, 0.15) is 0 Å². The van der Waals surface area contributed by atoms with Crippen LogP contribution in [0.4, 0.5) is 0 Å². The van der Waals surface area contributed by atoms with Crippen LogP contribution >= 0.6 is 0 Å². The Kier molecular flexibility index (Phi) is 3.66. The number of benzene rings is 1. The van der Waals surface area contributed by atoms with E-state index in [0.717, 1.165) is 0 Å². The van der Waals surface area contributed by atoms with Gasteiger partial charge >= 0.3 is 0 Å². The lowest BCUT2D eigenvalue weighted by Gasteiger charge is -2.03. The Morgan fingerprint density at radius 1 is 1.06 bits per heavy atom. The SMILES string of the molecule is CCCCCCc1cc2ccccc2n1C. The minimum absolute atomic E-state index is 1.21. The van der Waals surface area contributed by atoms with E-state index in [0.29, 0.717) is 0 Å². The molecule has 0 radical (unpaired) electrons. The largest absolute Gasteiger partial charge is 0.348 e. The maximum absolute atomic E-state index is 2.33. The Bertz CT molecular complexity index is 453. The van der Waals surface area contributed by atoms with E-state index in [4.69, 9.17) is 0 Å². The molecule has 1 heteroatoms. The Hall–Kier alpha value is -1.24. The lowest BCUT2D eigenvalue weighted by atomic mass is 10.1. The van der Waals surface area contributed by atoms with E-state index < -0.39 is 0 Å². The predicted octanol–water partition coefficient (Wildman–Crippen LogP) is 4.30. The standard InChI is InChI=1S/C15H21N/c1-3-4-5-6-10-14-12-13-9-7-8-11-15(13)16(14)2/h7-9,11-12H,3-6,10H2,1-2H3. The second-order valence-corrected chi connectivity index (χ2v) is 4.56. The molecule has 0 N–H and O–H groups in total. The minimum atomic E-state index is 1.21. The van der Waals surface area contributed by atoms with Crippen molar-refractivity contribution in [2.75, 3.05) is 0 Å². The van der Waals surface area contributed by atoms with E-state index in [-0.39, 0.29) is 0 Å². The maximum atomic E-state index is 2.33. The first-order valence-corrected chi connectivity index (χ1v) is 6.36. The lowest BCUT2D eigenvalue weighted by Crippen LogP contribution is -1.95. The van der Waals surface area contributed by atoms with Gasteiger partial charge in [-0.05, 0) is 30.4 Å². The molecule has 0 spiro atoms. The summed E-state index contributed by atoms with van der Waals surface area (Å²) in [6.45, 7) is 2.26. The van der Waals surface area contributed by atoms with Crippen LogP contribution in [0.2, 0.25) is 0 Å². The first kappa shape index (κ1) is 11.3. The molecule has 0 aliphatic carbocycles. The fraction of sp³-hybridized carbons (Fsp3) is 0.467. The van der Waals surface area contributed by atoms with Gasteiger partial charge in [-0.1, -0.05) is 44.4 Å². The highest BCUT2D eigenvalue weighted by Crippen LogP contribution is 2.19. The highest BCUT2D eigenvalue weighted by molar-refractivity contribution is 5.81. The van der Waals surface area contributed by atoms with Crippen LogP contribution < -0.4 is 0 Å². The van der Waals surface area contributed by atoms with Gasteiger partial charge < -0.3 is 4.57 Å². The van der Waals surface area contributed by atoms with Crippen LogP contribution in [0.1, 0.15) is 38.3 Å². The third-order valence-electron chi connectivity index (χ3n) is 3.34. The number of para-hydroxylation sites is 1. The van der Waals surface area contributed by atoms with E-state index in [1.165, 1.54) is 48.7 Å². The number of aryl methyl sites for hydroxylation is 2. The van der Waals surface area contributed by atoms with Crippen molar-refractivity contribution in [2.24, 2.45) is 7.05 Å². The Morgan fingerprint density at radius 2 is 1.88 bits per heavy atom. The summed E-state index contributed by atoms with van der Waals surface area (Å²) in [6.07, 6.45) is 6.57. The van der Waals surface area contributed by atoms with Crippen LogP contribution in [0.15, 0.2) is 30.3 Å². The van der Waals surface area contributed by atoms with Gasteiger partial charge in [-0.25, -0.2) is 0 Å². The smallest absolute Gasteiger partial charge is 0.0479 e. The normalized spacial score (nSPS) is 11.1. The number of hydrogen-bond acceptors (Lipinski definition) is 0. The molecule has 0 atom stereocenters. The third-order valence-corrected chi connectivity index (χ3v) is 3.34. The van der Waals surface area contributed by atoms with E-state index in [1.54, 1.807) is 0 Å². The average molecular weight is 215 g/mol. The second-order valence-electron chi connectivity index (χ2n) is 4.56. The van der Waals surface area contributed by atoms with Crippen molar-refractivity contribution in [3.05, 3.63) is 36.0 Å². The van der Waals surface area contributed by atoms with Gasteiger partial charge in [0.05, 0.1) is 0 Å². The van der Waals surface area contributed by atoms with E-state index in [1.807, 2.05) is 0 Å². The first-order valence-electron chi connectivity index (χ1n) is 6.36. The fourth-order valence-electron chi connectivity index (χ4n) is 2.32. The molecule has 1 nitrogen and oxygen atoms in total. The summed E-state index contributed by atoms with van der Waals surface area (Å²) in [5, 5.41) is 1.37. The summed E-state index contributed by atoms with van der Waals surface area (Å²) >= 11 is 0. The highest BCUT2D eigenvalue weighted by Gasteiger charge is 2.03. The summed E-state index contributed by atoms with van der Waals surface area (Å²) in [5.74, 6) is 0. The number of hydrogen-bond donors (Lipinski definition) is 0. The molecule has 0 aliphatic heterocycles. The molecule has 1 aromatic carbocycles. The quantitative estimate of drug-likeness (QED) is 0.655. The summed E-state index contributed by atoms with van der Waals surface area (Å²) in [4.78, 5) is 0. The average Bonchev–Trinajstić information content (AvgIpc) is 2.63. The molecule has 0 fully saturated rings. The number of fused-ring (bicyclic) bond motifs is 1. The van der Waals surface area contributed by atoms with Gasteiger partial charge in [-0.15, -0.1) is 0 Å². The number of unbranched alkanes of at least 4 members (excludes halogenated alkanes) is 3. The molecule has 1 aromatic heterocycles. The van der Waals surface area contributed by atoms with Crippen molar-refractivity contribution in [1.29, 1.82) is 0 Å². The maximum Gasteiger partial charge on any atom is 0.0479 e. The van der Waals surface area contributed by atoms with Gasteiger partial charge in [-0.3, -0.25) is 0 Å². The minimum Gasteiger partial charge on any atom is -0.348 e. The molecule has 2 aromatic rings. The number of rotatable bonds is 5. The molecule has 16 heavy (non-hydrogen) atoms. The topological polar surface area (TPSA) is 4.93 Å². The second kappa shape index (κ2) is 5.20. The zero-order valence-corrected chi connectivity index (χ0v) is 10.4. The van der Waals surface area contributed by atoms with E-state index in [2.05, 4.69) is 48.9 Å². The van der Waals surface area contributed by atoms with Gasteiger partial charge in [-0.2, -0.15) is 0 Å². The molecule has 2 rings (SSSR count). The Balaban J connectivity index is 2.09. The van der Waals surface area contributed by atoms with E-state index >= 15 is 0 Å². The molecule has 0 unspecified atom stereocenters. The highest BCUT2D eigenvalue weighted by atomic mass is 14.9. The van der Waals surface area contributed by atoms with Crippen LogP contribution in [0, 0.1) is 0 Å². The van der Waals surface area contributed by atoms with Gasteiger partial charge in [0.15, 0.2) is 0 Å². The van der Waals surface area contributed by atoms with Crippen LogP contribution in [0.25, 0.3) is 10.9 Å². The summed E-state index contributed by atoms with van der Waals surface area (Å²) in [6, 6.07) is 11.0. The Labute approximate surface area is 98.1 Å². The molecular weight excluding hydrogens is 194 g/mol. The predicted molar refractivity (Wildman–Crippen MR) is 70.8 cm³/mol. The van der Waals surface area contributed by atoms with Gasteiger partial charge in [0, 0.05) is 18.3 Å². The van der Waals surface area contributed by atoms with Crippen LogP contribution in [0.3, 0.4) is 0 Å². The van der Waals surface area contributed by atoms with Crippen molar-refractivity contribution in [2.45, 2.75) is 39.0 Å². The molecule has 0 amide bonds. The molecular formula is C15H21N. The third kappa shape index (κ3) is 2.29. The van der Waals surface area contributed by atoms with Crippen molar-refractivity contribution >= 4 is 10.9 Å². The molecule has 0 bridgehead atoms. The van der Waals surface area contributed by atoms with Crippen LogP contribution in [-0.4, -0.2) is 4.57 Å². The number of nitrogens with zero attached hydrogens (tertiary/aromatic N) is 1. The first-order chi connectivity index (χ1) is 7.83. The number of aromatic nitrogens is 1. The molecule has 1 heterocycles. The van der Waals surface area contributed by atoms with Crippen LogP contribution in [-0.2, 0) is 13.5 Å². The fourth-order valence-corrected chi connectivity index (χ4v) is 2.32. The van der Waals surface area contributed by atoms with Crippen molar-refractivity contribution in [3.8, 4) is 0 Å². The van der Waals surface area contributed by atoms with Crippen molar-refractivity contribution in [1.82, 2.24) is 4.57 Å².